The van der Waals surface area contributed by atoms with Crippen molar-refractivity contribution in [2.24, 2.45) is 10.4 Å². The minimum absolute atomic E-state index is 0.124. The van der Waals surface area contributed by atoms with E-state index in [2.05, 4.69) is 24.1 Å². The van der Waals surface area contributed by atoms with E-state index in [1.165, 1.54) is 11.3 Å². The lowest BCUT2D eigenvalue weighted by atomic mass is 9.68. The van der Waals surface area contributed by atoms with E-state index < -0.39 is 5.54 Å². The standard InChI is InChI=1S/C19H22N4O2S2/c1-12-8-18(2)11-27-17(22-15(24)13-6-4-3-5-7-13)23-19(18,10-25-12)16-21-14(20)9-26-16/h3-7,9,12H,8,10-11,20H2,1-2H3,(H,22,23,24)/t12-,18-,19+/m0/s1. The molecule has 6 nitrogen and oxygen atoms in total. The van der Waals surface area contributed by atoms with Crippen molar-refractivity contribution in [2.75, 3.05) is 18.1 Å². The minimum Gasteiger partial charge on any atom is -0.383 e. The van der Waals surface area contributed by atoms with Gasteiger partial charge in [-0.25, -0.2) is 9.98 Å². The lowest BCUT2D eigenvalue weighted by molar-refractivity contribution is -0.0862. The average Bonchev–Trinajstić information content (AvgIpc) is 3.09. The van der Waals surface area contributed by atoms with Crippen molar-refractivity contribution in [2.45, 2.75) is 31.9 Å². The first-order valence-electron chi connectivity index (χ1n) is 8.84. The number of rotatable bonds is 2. The number of nitrogens with zero attached hydrogens (tertiary/aromatic N) is 2. The summed E-state index contributed by atoms with van der Waals surface area (Å²) in [5, 5.41) is 6.25. The van der Waals surface area contributed by atoms with Crippen LogP contribution >= 0.6 is 23.1 Å². The molecule has 1 aromatic carbocycles. The van der Waals surface area contributed by atoms with Crippen LogP contribution in [0.4, 0.5) is 5.82 Å². The number of benzene rings is 1. The van der Waals surface area contributed by atoms with Gasteiger partial charge in [-0.1, -0.05) is 36.9 Å². The summed E-state index contributed by atoms with van der Waals surface area (Å²) in [7, 11) is 0. The molecule has 3 atom stereocenters. The Kier molecular flexibility index (Phi) is 4.73. The Hall–Kier alpha value is -1.90. The van der Waals surface area contributed by atoms with Crippen LogP contribution in [0.5, 0.6) is 0 Å². The zero-order valence-corrected chi connectivity index (χ0v) is 16.9. The van der Waals surface area contributed by atoms with Crippen molar-refractivity contribution in [1.82, 2.24) is 10.3 Å². The van der Waals surface area contributed by atoms with E-state index in [0.717, 1.165) is 17.2 Å². The Bertz CT molecular complexity index is 885. The topological polar surface area (TPSA) is 89.6 Å². The Balaban J connectivity index is 1.71. The van der Waals surface area contributed by atoms with Crippen LogP contribution in [0, 0.1) is 5.41 Å². The summed E-state index contributed by atoms with van der Waals surface area (Å²) in [4.78, 5) is 22.1. The fraction of sp³-hybridized carbons (Fsp3) is 0.421. The summed E-state index contributed by atoms with van der Waals surface area (Å²) in [6.45, 7) is 4.76. The summed E-state index contributed by atoms with van der Waals surface area (Å²) in [5.41, 5.74) is 5.75. The summed E-state index contributed by atoms with van der Waals surface area (Å²) < 4.78 is 6.01. The van der Waals surface area contributed by atoms with Gasteiger partial charge in [-0.15, -0.1) is 11.3 Å². The van der Waals surface area contributed by atoms with Gasteiger partial charge in [0.25, 0.3) is 5.91 Å². The fourth-order valence-electron chi connectivity index (χ4n) is 3.74. The maximum absolute atomic E-state index is 12.6. The van der Waals surface area contributed by atoms with Gasteiger partial charge in [0.1, 0.15) is 16.4 Å². The number of nitrogens with two attached hydrogens (primary N) is 1. The molecule has 27 heavy (non-hydrogen) atoms. The lowest BCUT2D eigenvalue weighted by Gasteiger charge is -2.51. The van der Waals surface area contributed by atoms with E-state index in [0.29, 0.717) is 23.2 Å². The molecule has 0 aliphatic carbocycles. The quantitative estimate of drug-likeness (QED) is 0.805. The third-order valence-electron chi connectivity index (χ3n) is 5.27. The van der Waals surface area contributed by atoms with Crippen LogP contribution in [-0.4, -0.2) is 34.5 Å². The number of anilines is 1. The van der Waals surface area contributed by atoms with Gasteiger partial charge in [0.05, 0.1) is 12.7 Å². The van der Waals surface area contributed by atoms with Crippen LogP contribution in [0.25, 0.3) is 0 Å². The molecule has 0 radical (unpaired) electrons. The number of thiazole rings is 1. The maximum Gasteiger partial charge on any atom is 0.257 e. The highest BCUT2D eigenvalue weighted by Crippen LogP contribution is 2.55. The number of fused-ring (bicyclic) bond motifs is 1. The van der Waals surface area contributed by atoms with Gasteiger partial charge in [-0.3, -0.25) is 4.79 Å². The van der Waals surface area contributed by atoms with Gasteiger partial charge in [-0.2, -0.15) is 0 Å². The first-order chi connectivity index (χ1) is 12.9. The molecule has 1 aromatic heterocycles. The number of nitrogen functional groups attached to an aromatic ring is 1. The molecule has 0 unspecified atom stereocenters. The number of aromatic nitrogens is 1. The second-order valence-corrected chi connectivity index (χ2v) is 9.17. The first-order valence-corrected chi connectivity index (χ1v) is 10.7. The number of aliphatic imine (C=N–C) groups is 1. The molecule has 2 aromatic rings. The molecular formula is C19H22N4O2S2. The van der Waals surface area contributed by atoms with Crippen molar-refractivity contribution in [3.8, 4) is 0 Å². The molecule has 1 fully saturated rings. The summed E-state index contributed by atoms with van der Waals surface area (Å²) >= 11 is 3.09. The van der Waals surface area contributed by atoms with Crippen molar-refractivity contribution in [1.29, 1.82) is 0 Å². The predicted octanol–water partition coefficient (Wildman–Crippen LogP) is 3.27. The maximum atomic E-state index is 12.6. The van der Waals surface area contributed by atoms with Crippen molar-refractivity contribution in [3.63, 3.8) is 0 Å². The highest BCUT2D eigenvalue weighted by atomic mass is 32.2. The van der Waals surface area contributed by atoms with Crippen molar-refractivity contribution < 1.29 is 9.53 Å². The summed E-state index contributed by atoms with van der Waals surface area (Å²) in [6, 6.07) is 9.15. The number of hydrogen-bond acceptors (Lipinski definition) is 7. The predicted molar refractivity (Wildman–Crippen MR) is 110 cm³/mol. The molecule has 1 saturated heterocycles. The molecule has 1 amide bonds. The van der Waals surface area contributed by atoms with E-state index in [1.54, 1.807) is 23.9 Å². The average molecular weight is 403 g/mol. The Morgan fingerprint density at radius 2 is 2.15 bits per heavy atom. The van der Waals surface area contributed by atoms with Crippen molar-refractivity contribution >= 4 is 40.0 Å². The number of thioether (sulfide) groups is 1. The van der Waals surface area contributed by atoms with Gasteiger partial charge in [0, 0.05) is 22.1 Å². The third kappa shape index (κ3) is 3.26. The van der Waals surface area contributed by atoms with Crippen LogP contribution in [0.15, 0.2) is 40.7 Å². The molecule has 2 aliphatic rings. The number of nitrogens with one attached hydrogen (secondary N) is 1. The molecule has 0 bridgehead atoms. The van der Waals surface area contributed by atoms with E-state index >= 15 is 0 Å². The fourth-order valence-corrected chi connectivity index (χ4v) is 5.93. The van der Waals surface area contributed by atoms with Gasteiger partial charge in [-0.05, 0) is 25.5 Å². The van der Waals surface area contributed by atoms with E-state index in [1.807, 2.05) is 23.6 Å². The second kappa shape index (κ2) is 6.92. The van der Waals surface area contributed by atoms with E-state index in [9.17, 15) is 4.79 Å². The summed E-state index contributed by atoms with van der Waals surface area (Å²) in [6.07, 6.45) is 1.04. The third-order valence-corrected chi connectivity index (χ3v) is 7.53. The monoisotopic (exact) mass is 402 g/mol. The Morgan fingerprint density at radius 3 is 2.85 bits per heavy atom. The van der Waals surface area contributed by atoms with Gasteiger partial charge in [0.15, 0.2) is 5.17 Å². The normalized spacial score (nSPS) is 30.3. The molecule has 0 saturated carbocycles. The molecule has 0 spiro atoms. The number of carbonyl (C=O) groups is 1. The van der Waals surface area contributed by atoms with Crippen LogP contribution < -0.4 is 11.1 Å². The highest BCUT2D eigenvalue weighted by molar-refractivity contribution is 8.14. The lowest BCUT2D eigenvalue weighted by Crippen LogP contribution is -2.56. The second-order valence-electron chi connectivity index (χ2n) is 7.35. The van der Waals surface area contributed by atoms with Crippen molar-refractivity contribution in [3.05, 3.63) is 46.3 Å². The largest absolute Gasteiger partial charge is 0.383 e. The molecular weight excluding hydrogens is 380 g/mol. The Labute approximate surface area is 166 Å². The molecule has 142 valence electrons. The zero-order valence-electron chi connectivity index (χ0n) is 15.3. The number of ether oxygens (including phenoxy) is 1. The smallest absolute Gasteiger partial charge is 0.257 e. The molecule has 3 N–H and O–H groups in total. The zero-order chi connectivity index (χ0) is 19.1. The van der Waals surface area contributed by atoms with E-state index in [-0.39, 0.29) is 17.4 Å². The number of carbonyl (C=O) groups excluding carboxylic acids is 1. The highest BCUT2D eigenvalue weighted by Gasteiger charge is 2.57. The SMILES string of the molecule is C[C@H]1C[C@@]2(C)CSC(NC(=O)c3ccccc3)=N[C@@]2(c2nc(N)cs2)CO1. The first kappa shape index (κ1) is 18.5. The molecule has 8 heteroatoms. The van der Waals surface area contributed by atoms with Gasteiger partial charge in [0.2, 0.25) is 0 Å². The number of hydrogen-bond donors (Lipinski definition) is 2. The van der Waals surface area contributed by atoms with Crippen LogP contribution in [0.3, 0.4) is 0 Å². The van der Waals surface area contributed by atoms with Gasteiger partial charge < -0.3 is 15.8 Å². The van der Waals surface area contributed by atoms with Crippen LogP contribution in [0.1, 0.15) is 35.6 Å². The van der Waals surface area contributed by atoms with Gasteiger partial charge >= 0.3 is 0 Å². The number of amides is 1. The molecule has 4 rings (SSSR count). The minimum atomic E-state index is -0.633. The number of amidine groups is 1. The van der Waals surface area contributed by atoms with Crippen LogP contribution in [0.2, 0.25) is 0 Å². The van der Waals surface area contributed by atoms with E-state index in [4.69, 9.17) is 15.5 Å². The summed E-state index contributed by atoms with van der Waals surface area (Å²) in [5.74, 6) is 1.16. The Morgan fingerprint density at radius 1 is 1.37 bits per heavy atom. The van der Waals surface area contributed by atoms with Crippen LogP contribution in [-0.2, 0) is 10.3 Å². The molecule has 3 heterocycles. The molecule has 2 aliphatic heterocycles.